The van der Waals surface area contributed by atoms with Crippen molar-refractivity contribution in [3.8, 4) is 0 Å². The molecule has 0 fully saturated rings. The molecule has 0 aliphatic carbocycles. The summed E-state index contributed by atoms with van der Waals surface area (Å²) in [5.74, 6) is -1.12. The van der Waals surface area contributed by atoms with Gasteiger partial charge in [0, 0.05) is 15.8 Å². The lowest BCUT2D eigenvalue weighted by Gasteiger charge is -2.16. The van der Waals surface area contributed by atoms with E-state index in [1.807, 2.05) is 13.8 Å². The van der Waals surface area contributed by atoms with E-state index in [9.17, 15) is 14.0 Å². The van der Waals surface area contributed by atoms with Crippen LogP contribution in [0.3, 0.4) is 0 Å². The van der Waals surface area contributed by atoms with E-state index in [1.165, 1.54) is 23.9 Å². The van der Waals surface area contributed by atoms with Gasteiger partial charge in [0.25, 0.3) is 0 Å². The Hall–Kier alpha value is -1.08. The molecule has 1 amide bonds. The average molecular weight is 406 g/mol. The van der Waals surface area contributed by atoms with Crippen molar-refractivity contribution in [3.63, 3.8) is 0 Å². The molecule has 128 valence electrons. The van der Waals surface area contributed by atoms with Crippen molar-refractivity contribution in [1.29, 1.82) is 0 Å². The molecule has 0 saturated carbocycles. The number of amides is 1. The second-order valence-electron chi connectivity index (χ2n) is 5.08. The summed E-state index contributed by atoms with van der Waals surface area (Å²) in [4.78, 5) is 24.1. The van der Waals surface area contributed by atoms with Crippen LogP contribution in [0.1, 0.15) is 40.5 Å². The topological polar surface area (TPSA) is 55.4 Å². The molecule has 7 heteroatoms. The molecule has 23 heavy (non-hydrogen) atoms. The number of carbonyl (C=O) groups is 2. The smallest absolute Gasteiger partial charge is 0.319 e. The van der Waals surface area contributed by atoms with Gasteiger partial charge in [0.2, 0.25) is 5.91 Å². The zero-order valence-corrected chi connectivity index (χ0v) is 16.0. The van der Waals surface area contributed by atoms with Crippen LogP contribution in [-0.2, 0) is 14.3 Å². The molecule has 0 aliphatic heterocycles. The van der Waals surface area contributed by atoms with Crippen molar-refractivity contribution >= 4 is 45.3 Å². The van der Waals surface area contributed by atoms with Crippen molar-refractivity contribution < 1.29 is 18.7 Å². The highest BCUT2D eigenvalue weighted by Crippen LogP contribution is 2.35. The maximum atomic E-state index is 13.9. The molecule has 0 bridgehead atoms. The predicted molar refractivity (Wildman–Crippen MR) is 94.2 cm³/mol. The minimum Gasteiger partial charge on any atom is -0.462 e. The highest BCUT2D eigenvalue weighted by Gasteiger charge is 2.20. The van der Waals surface area contributed by atoms with Crippen LogP contribution in [0.5, 0.6) is 0 Å². The van der Waals surface area contributed by atoms with Gasteiger partial charge in [-0.05, 0) is 48.3 Å². The number of rotatable bonds is 7. The Labute approximate surface area is 148 Å². The van der Waals surface area contributed by atoms with E-state index >= 15 is 0 Å². The SMILES string of the molecule is CCC(=O)Nc1cc(SC(C)C(=O)OC(C)CC)c(Br)cc1F. The molecular formula is C16H21BrFNO3S. The van der Waals surface area contributed by atoms with Crippen LogP contribution >= 0.6 is 27.7 Å². The molecule has 0 spiro atoms. The van der Waals surface area contributed by atoms with E-state index in [-0.39, 0.29) is 30.1 Å². The standard InChI is InChI=1S/C16H21BrFNO3S/c1-5-9(3)22-16(21)10(4)23-14-8-13(19-15(20)6-2)12(18)7-11(14)17/h7-10H,5-6H2,1-4H3,(H,19,20). The van der Waals surface area contributed by atoms with E-state index in [1.54, 1.807) is 13.8 Å². The zero-order chi connectivity index (χ0) is 17.6. The third kappa shape index (κ3) is 6.14. The van der Waals surface area contributed by atoms with E-state index in [0.717, 1.165) is 6.42 Å². The molecule has 1 N–H and O–H groups in total. The number of hydrogen-bond donors (Lipinski definition) is 1. The normalized spacial score (nSPS) is 13.3. The summed E-state index contributed by atoms with van der Waals surface area (Å²) in [6.07, 6.45) is 0.869. The van der Waals surface area contributed by atoms with Crippen molar-refractivity contribution in [3.05, 3.63) is 22.4 Å². The first kappa shape index (κ1) is 20.0. The average Bonchev–Trinajstić information content (AvgIpc) is 2.51. The molecule has 1 aromatic carbocycles. The molecule has 0 radical (unpaired) electrons. The van der Waals surface area contributed by atoms with Crippen molar-refractivity contribution in [2.24, 2.45) is 0 Å². The summed E-state index contributed by atoms with van der Waals surface area (Å²) in [7, 11) is 0. The fourth-order valence-corrected chi connectivity index (χ4v) is 3.06. The second-order valence-corrected chi connectivity index (χ2v) is 7.32. The van der Waals surface area contributed by atoms with E-state index < -0.39 is 11.1 Å². The Morgan fingerprint density at radius 1 is 1.35 bits per heavy atom. The highest BCUT2D eigenvalue weighted by molar-refractivity contribution is 9.10. The molecule has 1 rings (SSSR count). The highest BCUT2D eigenvalue weighted by atomic mass is 79.9. The van der Waals surface area contributed by atoms with E-state index in [0.29, 0.717) is 9.37 Å². The zero-order valence-electron chi connectivity index (χ0n) is 13.6. The van der Waals surface area contributed by atoms with Crippen LogP contribution in [0.2, 0.25) is 0 Å². The van der Waals surface area contributed by atoms with Crippen LogP contribution in [0.25, 0.3) is 0 Å². The van der Waals surface area contributed by atoms with Gasteiger partial charge < -0.3 is 10.1 Å². The Morgan fingerprint density at radius 2 is 2.00 bits per heavy atom. The van der Waals surface area contributed by atoms with Gasteiger partial charge in [0.05, 0.1) is 11.8 Å². The Bertz CT molecular complexity index is 583. The molecular weight excluding hydrogens is 385 g/mol. The molecule has 2 unspecified atom stereocenters. The number of esters is 1. The summed E-state index contributed by atoms with van der Waals surface area (Å²) in [5, 5.41) is 2.06. The molecule has 2 atom stereocenters. The number of halogens is 2. The maximum absolute atomic E-state index is 13.9. The Balaban J connectivity index is 2.88. The predicted octanol–water partition coefficient (Wildman–Crippen LogP) is 4.76. The van der Waals surface area contributed by atoms with Crippen LogP contribution in [-0.4, -0.2) is 23.2 Å². The number of ether oxygens (including phenoxy) is 1. The van der Waals surface area contributed by atoms with Gasteiger partial charge in [-0.2, -0.15) is 0 Å². The fraction of sp³-hybridized carbons (Fsp3) is 0.500. The van der Waals surface area contributed by atoms with Gasteiger partial charge in [0.15, 0.2) is 0 Å². The number of hydrogen-bond acceptors (Lipinski definition) is 4. The first-order valence-corrected chi connectivity index (χ1v) is 9.11. The summed E-state index contributed by atoms with van der Waals surface area (Å²) < 4.78 is 19.7. The summed E-state index contributed by atoms with van der Waals surface area (Å²) in [6, 6.07) is 2.80. The number of carbonyl (C=O) groups excluding carboxylic acids is 2. The lowest BCUT2D eigenvalue weighted by atomic mass is 10.3. The molecule has 0 saturated heterocycles. The van der Waals surface area contributed by atoms with Crippen LogP contribution < -0.4 is 5.32 Å². The molecule has 0 aliphatic rings. The first-order chi connectivity index (χ1) is 10.8. The summed E-state index contributed by atoms with van der Waals surface area (Å²) in [6.45, 7) is 7.20. The Kier molecular flexibility index (Phi) is 8.05. The summed E-state index contributed by atoms with van der Waals surface area (Å²) >= 11 is 4.53. The minimum absolute atomic E-state index is 0.102. The number of thioether (sulfide) groups is 1. The molecule has 1 aromatic rings. The summed E-state index contributed by atoms with van der Waals surface area (Å²) in [5.41, 5.74) is 0.102. The fourth-order valence-electron chi connectivity index (χ4n) is 1.57. The number of benzene rings is 1. The Morgan fingerprint density at radius 3 is 2.57 bits per heavy atom. The van der Waals surface area contributed by atoms with Gasteiger partial charge in [-0.25, -0.2) is 4.39 Å². The van der Waals surface area contributed by atoms with Gasteiger partial charge in [-0.3, -0.25) is 9.59 Å². The second kappa shape index (κ2) is 9.27. The molecule has 4 nitrogen and oxygen atoms in total. The van der Waals surface area contributed by atoms with Crippen molar-refractivity contribution in [2.45, 2.75) is 56.8 Å². The lowest BCUT2D eigenvalue weighted by molar-refractivity contribution is -0.147. The minimum atomic E-state index is -0.530. The molecule has 0 heterocycles. The van der Waals surface area contributed by atoms with Crippen LogP contribution in [0.15, 0.2) is 21.5 Å². The third-order valence-corrected chi connectivity index (χ3v) is 5.20. The monoisotopic (exact) mass is 405 g/mol. The van der Waals surface area contributed by atoms with Gasteiger partial charge >= 0.3 is 5.97 Å². The largest absolute Gasteiger partial charge is 0.462 e. The number of anilines is 1. The quantitative estimate of drug-likeness (QED) is 0.524. The van der Waals surface area contributed by atoms with Crippen molar-refractivity contribution in [1.82, 2.24) is 0 Å². The number of nitrogens with one attached hydrogen (secondary N) is 1. The molecule has 0 aromatic heterocycles. The first-order valence-electron chi connectivity index (χ1n) is 7.44. The maximum Gasteiger partial charge on any atom is 0.319 e. The van der Waals surface area contributed by atoms with Crippen LogP contribution in [0, 0.1) is 5.82 Å². The van der Waals surface area contributed by atoms with Gasteiger partial charge in [0.1, 0.15) is 11.1 Å². The van der Waals surface area contributed by atoms with E-state index in [4.69, 9.17) is 4.74 Å². The van der Waals surface area contributed by atoms with Crippen molar-refractivity contribution in [2.75, 3.05) is 5.32 Å². The van der Waals surface area contributed by atoms with Gasteiger partial charge in [-0.1, -0.05) is 13.8 Å². The lowest BCUT2D eigenvalue weighted by Crippen LogP contribution is -2.22. The third-order valence-electron chi connectivity index (χ3n) is 3.14. The van der Waals surface area contributed by atoms with Crippen LogP contribution in [0.4, 0.5) is 10.1 Å². The van der Waals surface area contributed by atoms with E-state index in [2.05, 4.69) is 21.2 Å². The van der Waals surface area contributed by atoms with Gasteiger partial charge in [-0.15, -0.1) is 11.8 Å².